The smallest absolute Gasteiger partial charge is 0.408 e. The molecule has 1 aliphatic carbocycles. The van der Waals surface area contributed by atoms with Crippen LogP contribution in [0.15, 0.2) is 24.3 Å². The Morgan fingerprint density at radius 2 is 1.64 bits per heavy atom. The number of nitrogens with one attached hydrogen (secondary N) is 3. The van der Waals surface area contributed by atoms with E-state index in [0.717, 1.165) is 24.8 Å². The summed E-state index contributed by atoms with van der Waals surface area (Å²) in [7, 11) is 2.98. The van der Waals surface area contributed by atoms with Gasteiger partial charge in [-0.05, 0) is 56.6 Å². The van der Waals surface area contributed by atoms with Crippen molar-refractivity contribution in [3.8, 4) is 0 Å². The first-order chi connectivity index (χ1) is 18.2. The van der Waals surface area contributed by atoms with Gasteiger partial charge in [-0.3, -0.25) is 14.4 Å². The summed E-state index contributed by atoms with van der Waals surface area (Å²) in [6.45, 7) is 8.63. The highest BCUT2D eigenvalue weighted by Gasteiger charge is 2.41. The molecule has 5 N–H and O–H groups in total. The van der Waals surface area contributed by atoms with Crippen LogP contribution in [0.5, 0.6) is 0 Å². The maximum Gasteiger partial charge on any atom is 0.408 e. The zero-order chi connectivity index (χ0) is 29.4. The molecule has 0 saturated heterocycles. The second-order valence-electron chi connectivity index (χ2n) is 11.6. The molecule has 0 heterocycles. The molecule has 0 aliphatic heterocycles. The van der Waals surface area contributed by atoms with Crippen LogP contribution in [-0.4, -0.2) is 62.0 Å². The predicted molar refractivity (Wildman–Crippen MR) is 145 cm³/mol. The standard InChI is InChI=1S/C28H44N4O7/c1-27(2,3)39-26(36)31-20(15-21(29)33)24(34)32-23(28(4,5)16-22(37-6)38-7)25(35)30-19-14-10-12-17-11-8-9-13-18(17)19/h8-9,11,13,19-20,22-23H,10,12,14-16H2,1-7H3,(H2,29,33)(H,30,35)(H,31,36)(H,32,34)/t19-,20+,23?/m1/s1. The van der Waals surface area contributed by atoms with Gasteiger partial charge in [0.2, 0.25) is 17.7 Å². The van der Waals surface area contributed by atoms with E-state index in [-0.39, 0.29) is 12.5 Å². The maximum absolute atomic E-state index is 13.8. The Kier molecular flexibility index (Phi) is 11.3. The van der Waals surface area contributed by atoms with Gasteiger partial charge in [0.25, 0.3) is 0 Å². The van der Waals surface area contributed by atoms with Crippen LogP contribution >= 0.6 is 0 Å². The number of rotatable bonds is 12. The molecule has 11 heteroatoms. The first-order valence-corrected chi connectivity index (χ1v) is 13.2. The maximum atomic E-state index is 13.8. The lowest BCUT2D eigenvalue weighted by Gasteiger charge is -2.38. The van der Waals surface area contributed by atoms with Crippen molar-refractivity contribution in [1.82, 2.24) is 16.0 Å². The van der Waals surface area contributed by atoms with Gasteiger partial charge in [0.15, 0.2) is 6.29 Å². The Balaban J connectivity index is 2.33. The minimum atomic E-state index is -1.35. The average Bonchev–Trinajstić information content (AvgIpc) is 2.83. The van der Waals surface area contributed by atoms with Crippen molar-refractivity contribution in [2.24, 2.45) is 11.1 Å². The van der Waals surface area contributed by atoms with Gasteiger partial charge in [-0.25, -0.2) is 4.79 Å². The van der Waals surface area contributed by atoms with Gasteiger partial charge in [0.1, 0.15) is 17.7 Å². The molecule has 1 aromatic carbocycles. The highest BCUT2D eigenvalue weighted by atomic mass is 16.7. The van der Waals surface area contributed by atoms with Crippen LogP contribution in [0.3, 0.4) is 0 Å². The van der Waals surface area contributed by atoms with Crippen LogP contribution in [0.2, 0.25) is 0 Å². The monoisotopic (exact) mass is 548 g/mol. The summed E-state index contributed by atoms with van der Waals surface area (Å²) in [4.78, 5) is 51.4. The third-order valence-corrected chi connectivity index (χ3v) is 6.65. The van der Waals surface area contributed by atoms with E-state index in [0.29, 0.717) is 0 Å². The van der Waals surface area contributed by atoms with Gasteiger partial charge in [0.05, 0.1) is 12.5 Å². The molecule has 39 heavy (non-hydrogen) atoms. The van der Waals surface area contributed by atoms with E-state index in [1.165, 1.54) is 19.8 Å². The molecule has 0 spiro atoms. The zero-order valence-electron chi connectivity index (χ0n) is 24.1. The summed E-state index contributed by atoms with van der Waals surface area (Å²) in [5, 5.41) is 8.27. The summed E-state index contributed by atoms with van der Waals surface area (Å²) in [6.07, 6.45) is 0.869. The highest BCUT2D eigenvalue weighted by Crippen LogP contribution is 2.32. The minimum absolute atomic E-state index is 0.223. The van der Waals surface area contributed by atoms with E-state index < -0.39 is 59.6 Å². The quantitative estimate of drug-likeness (QED) is 0.292. The molecule has 0 saturated carbocycles. The van der Waals surface area contributed by atoms with Gasteiger partial charge in [0, 0.05) is 20.6 Å². The van der Waals surface area contributed by atoms with Crippen molar-refractivity contribution in [3.63, 3.8) is 0 Å². The minimum Gasteiger partial charge on any atom is -0.444 e. The number of nitrogens with two attached hydrogens (primary N) is 1. The number of alkyl carbamates (subject to hydrolysis) is 1. The number of amides is 4. The molecule has 0 bridgehead atoms. The molecule has 218 valence electrons. The molecule has 1 aromatic rings. The van der Waals surface area contributed by atoms with Crippen molar-refractivity contribution in [2.45, 2.75) is 96.7 Å². The lowest BCUT2D eigenvalue weighted by atomic mass is 9.79. The lowest BCUT2D eigenvalue weighted by molar-refractivity contribution is -0.142. The predicted octanol–water partition coefficient (Wildman–Crippen LogP) is 2.47. The van der Waals surface area contributed by atoms with Gasteiger partial charge in [-0.1, -0.05) is 38.1 Å². The molecule has 0 radical (unpaired) electrons. The number of primary amides is 1. The van der Waals surface area contributed by atoms with E-state index in [1.54, 1.807) is 20.8 Å². The second kappa shape index (κ2) is 13.7. The van der Waals surface area contributed by atoms with Crippen molar-refractivity contribution in [1.29, 1.82) is 0 Å². The number of benzene rings is 1. The molecule has 4 amide bonds. The number of hydrogen-bond acceptors (Lipinski definition) is 7. The van der Waals surface area contributed by atoms with E-state index in [2.05, 4.69) is 22.0 Å². The third-order valence-electron chi connectivity index (χ3n) is 6.65. The SMILES string of the molecule is COC(CC(C)(C)C(NC(=O)[C@H](CC(N)=O)NC(=O)OC(C)(C)C)C(=O)N[C@@H]1CCCc2ccccc21)OC. The van der Waals surface area contributed by atoms with Crippen LogP contribution < -0.4 is 21.7 Å². The van der Waals surface area contributed by atoms with Crippen LogP contribution in [0.1, 0.15) is 77.5 Å². The van der Waals surface area contributed by atoms with Crippen molar-refractivity contribution in [3.05, 3.63) is 35.4 Å². The van der Waals surface area contributed by atoms with Crippen molar-refractivity contribution >= 4 is 23.8 Å². The van der Waals surface area contributed by atoms with Crippen LogP contribution in [0.4, 0.5) is 4.79 Å². The number of hydrogen-bond donors (Lipinski definition) is 4. The molecule has 11 nitrogen and oxygen atoms in total. The Hall–Kier alpha value is -3.18. The number of aryl methyl sites for hydroxylation is 1. The fraction of sp³-hybridized carbons (Fsp3) is 0.643. The Labute approximate surface area is 230 Å². The highest BCUT2D eigenvalue weighted by molar-refractivity contribution is 5.94. The third kappa shape index (κ3) is 9.81. The van der Waals surface area contributed by atoms with Gasteiger partial charge in [-0.15, -0.1) is 0 Å². The van der Waals surface area contributed by atoms with Crippen LogP contribution in [0.25, 0.3) is 0 Å². The number of fused-ring (bicyclic) bond motifs is 1. The summed E-state index contributed by atoms with van der Waals surface area (Å²) < 4.78 is 16.0. The fourth-order valence-corrected chi connectivity index (χ4v) is 4.69. The number of methoxy groups -OCH3 is 2. The number of carbonyl (C=O) groups excluding carboxylic acids is 4. The normalized spacial score (nSPS) is 17.0. The van der Waals surface area contributed by atoms with E-state index in [4.69, 9.17) is 19.9 Å². The van der Waals surface area contributed by atoms with Gasteiger partial charge in [-0.2, -0.15) is 0 Å². The first-order valence-electron chi connectivity index (χ1n) is 13.2. The van der Waals surface area contributed by atoms with Gasteiger partial charge < -0.3 is 35.9 Å². The molecule has 1 unspecified atom stereocenters. The Morgan fingerprint density at radius 3 is 2.23 bits per heavy atom. The average molecular weight is 549 g/mol. The molecule has 0 aromatic heterocycles. The lowest BCUT2D eigenvalue weighted by Crippen LogP contribution is -2.60. The molecular weight excluding hydrogens is 504 g/mol. The molecule has 1 aliphatic rings. The molecule has 0 fully saturated rings. The summed E-state index contributed by atoms with van der Waals surface area (Å²) in [5.74, 6) is -1.96. The molecule has 2 rings (SSSR count). The topological polar surface area (TPSA) is 158 Å². The van der Waals surface area contributed by atoms with E-state index >= 15 is 0 Å². The Bertz CT molecular complexity index is 1020. The molecular formula is C28H44N4O7. The molecule has 3 atom stereocenters. The largest absolute Gasteiger partial charge is 0.444 e. The summed E-state index contributed by atoms with van der Waals surface area (Å²) in [6, 6.07) is 5.32. The summed E-state index contributed by atoms with van der Waals surface area (Å²) in [5.41, 5.74) is 5.89. The van der Waals surface area contributed by atoms with Gasteiger partial charge >= 0.3 is 6.09 Å². The first kappa shape index (κ1) is 32.0. The Morgan fingerprint density at radius 1 is 1.00 bits per heavy atom. The number of ether oxygens (including phenoxy) is 3. The zero-order valence-corrected chi connectivity index (χ0v) is 24.1. The second-order valence-corrected chi connectivity index (χ2v) is 11.6. The fourth-order valence-electron chi connectivity index (χ4n) is 4.69. The van der Waals surface area contributed by atoms with Crippen LogP contribution in [-0.2, 0) is 35.0 Å². The van der Waals surface area contributed by atoms with Crippen molar-refractivity contribution < 1.29 is 33.4 Å². The number of carbonyl (C=O) groups is 4. The van der Waals surface area contributed by atoms with E-state index in [1.807, 2.05) is 32.0 Å². The van der Waals surface area contributed by atoms with Crippen LogP contribution in [0, 0.1) is 5.41 Å². The van der Waals surface area contributed by atoms with E-state index in [9.17, 15) is 19.2 Å². The van der Waals surface area contributed by atoms with Crippen molar-refractivity contribution in [2.75, 3.05) is 14.2 Å². The summed E-state index contributed by atoms with van der Waals surface area (Å²) >= 11 is 0.